The molecule has 2 unspecified atom stereocenters. The number of aliphatic hydroxyl groups excluding tert-OH is 1. The van der Waals surface area contributed by atoms with E-state index < -0.39 is 95.2 Å². The second-order valence-electron chi connectivity index (χ2n) is 31.6. The van der Waals surface area contributed by atoms with E-state index in [1.54, 1.807) is 57.7 Å². The quantitative estimate of drug-likeness (QED) is 0.00865. The fourth-order valence-corrected chi connectivity index (χ4v) is 17.3. The normalized spacial score (nSPS) is 24.9. The van der Waals surface area contributed by atoms with Crippen LogP contribution in [0.5, 0.6) is 23.0 Å². The van der Waals surface area contributed by atoms with Gasteiger partial charge in [0.2, 0.25) is 41.0 Å². The van der Waals surface area contributed by atoms with Crippen LogP contribution >= 0.6 is 39.5 Å². The van der Waals surface area contributed by atoms with Crippen molar-refractivity contribution in [3.8, 4) is 34.4 Å². The van der Waals surface area contributed by atoms with E-state index in [2.05, 4.69) is 76.8 Å². The van der Waals surface area contributed by atoms with Gasteiger partial charge in [0.15, 0.2) is 22.8 Å². The number of halogens is 1. The van der Waals surface area contributed by atoms with Crippen LogP contribution in [-0.4, -0.2) is 213 Å². The van der Waals surface area contributed by atoms with Gasteiger partial charge in [-0.1, -0.05) is 65.9 Å². The summed E-state index contributed by atoms with van der Waals surface area (Å²) in [7, 11) is 4.43. The van der Waals surface area contributed by atoms with E-state index in [0.717, 1.165) is 101 Å². The van der Waals surface area contributed by atoms with Gasteiger partial charge in [0.25, 0.3) is 0 Å². The summed E-state index contributed by atoms with van der Waals surface area (Å²) in [5.41, 5.74) is 6.17. The van der Waals surface area contributed by atoms with Crippen LogP contribution in [0.3, 0.4) is 0 Å². The number of aryl methyl sites for hydroxylation is 2. The Morgan fingerprint density at radius 1 is 0.650 bits per heavy atom. The summed E-state index contributed by atoms with van der Waals surface area (Å²) in [6, 6.07) is 6.62. The van der Waals surface area contributed by atoms with E-state index in [1.807, 2.05) is 50.3 Å². The van der Waals surface area contributed by atoms with Crippen LogP contribution in [0.4, 0.5) is 14.7 Å². The molecule has 4 aliphatic heterocycles. The van der Waals surface area contributed by atoms with Gasteiger partial charge in [0, 0.05) is 84.0 Å². The molecule has 0 spiro atoms. The number of pyridine rings is 2. The highest BCUT2D eigenvalue weighted by atomic mass is 79.9. The van der Waals surface area contributed by atoms with Gasteiger partial charge in [-0.2, -0.15) is 0 Å². The van der Waals surface area contributed by atoms with Crippen molar-refractivity contribution in [2.45, 2.75) is 249 Å². The van der Waals surface area contributed by atoms with Crippen LogP contribution in [0.1, 0.15) is 191 Å². The maximum Gasteiger partial charge on any atom is 0.605 e. The van der Waals surface area contributed by atoms with Gasteiger partial charge >= 0.3 is 24.1 Å². The van der Waals surface area contributed by atoms with Crippen LogP contribution in [0.2, 0.25) is 0 Å². The molecule has 32 nitrogen and oxygen atoms in total. The van der Waals surface area contributed by atoms with E-state index in [9.17, 15) is 52.7 Å². The number of methoxy groups -OCH3 is 3. The third-order valence-electron chi connectivity index (χ3n) is 22.3. The Morgan fingerprint density at radius 2 is 1.12 bits per heavy atom. The number of alkyl carbamates (subject to hydrolysis) is 2. The number of fused-ring (bicyclic) bond motifs is 6. The number of hydrogen-bond donors (Lipinski definition) is 8. The van der Waals surface area contributed by atoms with Crippen LogP contribution < -0.4 is 56.6 Å². The zero-order valence-corrected chi connectivity index (χ0v) is 72.5. The SMILES string of the molecule is C=[O+]C(=O)[C@@]12CC1/C=C\CCCCC[C@H](NC(=O)OC1CCCC1)C(=O)N1C[C@H](Oc3cc(C(=O)CBr)nc4c(C)c(OC)ccc34)C[C@H]1C(=O)N2.CC(=O)NC(N)=S.CC(C)O.COC(=O)[C@@]12CC1/C=C\CCCCC[C@H](NC(=O)OC1CCCC1)C(=O)N1C[C@H](Oc3cc(-c4csc(NC(C)=O)n4)nc4c(C)c(OC)ccc34)C[C@H]1C(=O)N2. The average molecular weight is 1760 g/mol. The number of nitrogens with two attached hydrogens (primary N) is 1. The lowest BCUT2D eigenvalue weighted by Crippen LogP contribution is -2.56. The van der Waals surface area contributed by atoms with Crippen molar-refractivity contribution in [3.63, 3.8) is 0 Å². The molecule has 0 bridgehead atoms. The largest absolute Gasteiger partial charge is 0.605 e. The van der Waals surface area contributed by atoms with Crippen LogP contribution in [0.25, 0.3) is 33.2 Å². The molecular formula is C85H110BrN12O20S2+. The van der Waals surface area contributed by atoms with Crippen LogP contribution in [0.15, 0.2) is 66.1 Å². The predicted octanol–water partition coefficient (Wildman–Crippen LogP) is 10.1. The Morgan fingerprint density at radius 3 is 1.57 bits per heavy atom. The lowest BCUT2D eigenvalue weighted by Gasteiger charge is -2.29. The van der Waals surface area contributed by atoms with Gasteiger partial charge in [0.1, 0.15) is 88.5 Å². The molecule has 8 aliphatic rings. The van der Waals surface area contributed by atoms with Crippen molar-refractivity contribution in [1.82, 2.24) is 51.3 Å². The molecule has 0 radical (unpaired) electrons. The molecule has 3 aromatic heterocycles. The van der Waals surface area contributed by atoms with Crippen LogP contribution in [-0.2, 0) is 57.0 Å². The molecule has 4 saturated carbocycles. The summed E-state index contributed by atoms with van der Waals surface area (Å²) in [4.78, 5) is 162. The maximum atomic E-state index is 14.6. The fraction of sp³-hybridized carbons (Fsp3) is 0.553. The summed E-state index contributed by atoms with van der Waals surface area (Å²) in [6.07, 6.45) is 19.6. The summed E-state index contributed by atoms with van der Waals surface area (Å²) in [5, 5.41) is 28.1. The topological polar surface area (TPSA) is 427 Å². The molecule has 5 aromatic rings. The number of benzene rings is 2. The third-order valence-corrected chi connectivity index (χ3v) is 23.7. The van der Waals surface area contributed by atoms with E-state index in [0.29, 0.717) is 99.8 Å². The second kappa shape index (κ2) is 42.3. The van der Waals surface area contributed by atoms with Gasteiger partial charge in [0.05, 0.1) is 61.3 Å². The van der Waals surface area contributed by atoms with Crippen molar-refractivity contribution in [2.24, 2.45) is 17.6 Å². The number of anilines is 1. The predicted molar refractivity (Wildman–Crippen MR) is 455 cm³/mol. The summed E-state index contributed by atoms with van der Waals surface area (Å²) in [5.74, 6) is -2.34. The highest BCUT2D eigenvalue weighted by Gasteiger charge is 2.68. The summed E-state index contributed by atoms with van der Waals surface area (Å²) in [6.45, 7) is 13.3. The molecule has 10 atom stereocenters. The number of alkyl halides is 1. The first kappa shape index (κ1) is 92.0. The Balaban J connectivity index is 0.000000225. The first-order valence-corrected chi connectivity index (χ1v) is 43.3. The maximum absolute atomic E-state index is 14.6. The minimum atomic E-state index is -1.30. The highest BCUT2D eigenvalue weighted by Crippen LogP contribution is 2.48. The molecule has 8 amide bonds. The van der Waals surface area contributed by atoms with E-state index >= 15 is 0 Å². The van der Waals surface area contributed by atoms with Crippen molar-refractivity contribution in [3.05, 3.63) is 82.9 Å². The lowest BCUT2D eigenvalue weighted by atomic mass is 10.0. The zero-order valence-electron chi connectivity index (χ0n) is 69.3. The first-order valence-electron chi connectivity index (χ1n) is 40.9. The third kappa shape index (κ3) is 23.5. The van der Waals surface area contributed by atoms with Crippen LogP contribution in [0, 0.1) is 25.7 Å². The number of Topliss-reactive ketones (excluding diaryl/α,β-unsaturated/α-hetero) is 1. The number of amides is 8. The average Bonchev–Trinajstić information content (AvgIpc) is 1.57. The number of esters is 1. The number of hydrogen-bond acceptors (Lipinski definition) is 24. The molecule has 6 fully saturated rings. The number of ketones is 1. The molecule has 2 saturated heterocycles. The number of rotatable bonds is 16. The number of carbonyl (C=O) groups excluding carboxylic acids is 12. The Bertz CT molecular complexity index is 4690. The van der Waals surface area contributed by atoms with Crippen molar-refractivity contribution >= 4 is 144 Å². The number of aromatic nitrogens is 3. The number of nitrogens with one attached hydrogen (secondary N) is 6. The molecular weight excluding hydrogens is 1650 g/mol. The monoisotopic (exact) mass is 1760 g/mol. The number of aliphatic hydroxyl groups is 1. The van der Waals surface area contributed by atoms with E-state index in [-0.39, 0.29) is 89.8 Å². The number of allylic oxidation sites excluding steroid dienone is 2. The van der Waals surface area contributed by atoms with Crippen molar-refractivity contribution in [2.75, 3.05) is 45.1 Å². The molecule has 648 valence electrons. The molecule has 4 aliphatic carbocycles. The van der Waals surface area contributed by atoms with Gasteiger partial charge < -0.3 is 85.7 Å². The number of thiazole rings is 1. The first-order chi connectivity index (χ1) is 57.4. The second-order valence-corrected chi connectivity index (χ2v) is 33.4. The van der Waals surface area contributed by atoms with Gasteiger partial charge in [-0.3, -0.25) is 38.0 Å². The van der Waals surface area contributed by atoms with Gasteiger partial charge in [-0.15, -0.1) is 11.3 Å². The zero-order chi connectivity index (χ0) is 86.7. The number of nitrogens with zero attached hydrogens (tertiary/aromatic N) is 5. The molecule has 2 aromatic carbocycles. The van der Waals surface area contributed by atoms with E-state index in [4.69, 9.17) is 53.4 Å². The smallest absolute Gasteiger partial charge is 0.496 e. The molecule has 9 N–H and O–H groups in total. The number of thiocarbonyl (C=S) groups is 1. The number of carbonyl (C=O) groups is 11. The lowest BCUT2D eigenvalue weighted by molar-refractivity contribution is -0.372. The van der Waals surface area contributed by atoms with Crippen molar-refractivity contribution in [1.29, 1.82) is 0 Å². The van der Waals surface area contributed by atoms with Crippen molar-refractivity contribution < 1.29 is 95.4 Å². The Kier molecular flexibility index (Phi) is 32.4. The highest BCUT2D eigenvalue weighted by molar-refractivity contribution is 9.09. The number of ether oxygens (including phenoxy) is 7. The fourth-order valence-electron chi connectivity index (χ4n) is 16.1. The summed E-state index contributed by atoms with van der Waals surface area (Å²) < 4.78 is 45.8. The summed E-state index contributed by atoms with van der Waals surface area (Å²) >= 11 is 8.81. The minimum Gasteiger partial charge on any atom is -0.496 e. The molecule has 120 heavy (non-hydrogen) atoms. The molecule has 7 heterocycles. The van der Waals surface area contributed by atoms with E-state index in [1.165, 1.54) is 42.1 Å². The Labute approximate surface area is 714 Å². The minimum absolute atomic E-state index is 0.00353. The Hall–Kier alpha value is -10.3. The van der Waals surface area contributed by atoms with Gasteiger partial charge in [-0.25, -0.2) is 29.3 Å². The molecule has 35 heteroatoms. The molecule has 13 rings (SSSR count). The van der Waals surface area contributed by atoms with Gasteiger partial charge in [-0.05, 0) is 167 Å². The standard InChI is InChI=1S/C41H50N6O9S.C38H45BrN4O9.C3H6N2OS.C3H8O/c1-23-33(53-3)17-16-28-34(19-30(43-35(23)28)31-22-57-39(44-31)42-24(2)48)55-27-18-32-36(49)46-41(38(51)54-4)20-25(41)12-8-6-5-7-9-15-29(37(50)47(32)21-27)45-40(52)56-26-13-10-11-14-26;1-22-31(49-2)16-15-26-32(18-28(30(44)20-39)40-33(22)26)51-25-17-29-34(45)42-38(36(47)50-3)19-23(38)11-7-5-4-6-8-14-27(35(46)43(29)21-25)41-37(48)52-24-12-9-10-13-24;1-2(6)5-3(4)7;1-3(2)4/h8,12,16-17,19,22,25-27,29,32H,5-7,9-11,13-15,18,20-21H2,1-4H3,(H,45,52)(H,46,49)(H,42,44,48);7,11,15-16,18,23-25,27,29H,3-6,8-10,12-14,17,19-21H2,1-2H3,(H-,41,42,45,48);1H3,(H3,4,5,6,7);3-4H,1-2H3/p+1/b12-8-;11-7-;;/t25?,27-,29+,32+,41-;23?,25-,27+,29+,38-;;/m11../s1.